The SMILES string of the molecule is NCc1cc(Br)cc2c1NC(=O)CC2. The van der Waals surface area contributed by atoms with E-state index < -0.39 is 0 Å². The predicted octanol–water partition coefficient (Wildman–Crippen LogP) is 1.79. The van der Waals surface area contributed by atoms with Crippen LogP contribution in [0.25, 0.3) is 0 Å². The average Bonchev–Trinajstić information content (AvgIpc) is 2.17. The largest absolute Gasteiger partial charge is 0.326 e. The van der Waals surface area contributed by atoms with Gasteiger partial charge in [0.2, 0.25) is 5.91 Å². The number of hydrogen-bond donors (Lipinski definition) is 2. The van der Waals surface area contributed by atoms with Crippen LogP contribution < -0.4 is 11.1 Å². The van der Waals surface area contributed by atoms with Crippen molar-refractivity contribution in [1.82, 2.24) is 0 Å². The minimum Gasteiger partial charge on any atom is -0.326 e. The number of carbonyl (C=O) groups is 1. The van der Waals surface area contributed by atoms with Gasteiger partial charge in [-0.3, -0.25) is 4.79 Å². The number of nitrogens with one attached hydrogen (secondary N) is 1. The predicted molar refractivity (Wildman–Crippen MR) is 59.0 cm³/mol. The Bertz CT molecular complexity index is 373. The Labute approximate surface area is 90.8 Å². The van der Waals surface area contributed by atoms with E-state index in [-0.39, 0.29) is 5.91 Å². The molecule has 0 aromatic heterocycles. The molecule has 3 nitrogen and oxygen atoms in total. The van der Waals surface area contributed by atoms with Crippen molar-refractivity contribution in [3.63, 3.8) is 0 Å². The maximum absolute atomic E-state index is 11.2. The molecule has 4 heteroatoms. The van der Waals surface area contributed by atoms with Crippen LogP contribution in [-0.2, 0) is 17.8 Å². The molecule has 0 bridgehead atoms. The smallest absolute Gasteiger partial charge is 0.224 e. The Morgan fingerprint density at radius 1 is 1.43 bits per heavy atom. The van der Waals surface area contributed by atoms with E-state index in [9.17, 15) is 4.79 Å². The van der Waals surface area contributed by atoms with Crippen molar-refractivity contribution < 1.29 is 4.79 Å². The van der Waals surface area contributed by atoms with Gasteiger partial charge in [0.1, 0.15) is 0 Å². The van der Waals surface area contributed by atoms with E-state index in [1.165, 1.54) is 5.56 Å². The number of aryl methyl sites for hydroxylation is 1. The van der Waals surface area contributed by atoms with Crippen molar-refractivity contribution in [3.8, 4) is 0 Å². The fraction of sp³-hybridized carbons (Fsp3) is 0.300. The lowest BCUT2D eigenvalue weighted by Gasteiger charge is -2.20. The summed E-state index contributed by atoms with van der Waals surface area (Å²) in [4.78, 5) is 11.2. The zero-order valence-corrected chi connectivity index (χ0v) is 9.23. The van der Waals surface area contributed by atoms with Crippen LogP contribution in [-0.4, -0.2) is 5.91 Å². The van der Waals surface area contributed by atoms with Gasteiger partial charge in [-0.05, 0) is 29.7 Å². The molecule has 0 radical (unpaired) electrons. The summed E-state index contributed by atoms with van der Waals surface area (Å²) >= 11 is 3.43. The Morgan fingerprint density at radius 3 is 2.93 bits per heavy atom. The second-order valence-corrected chi connectivity index (χ2v) is 4.27. The molecule has 0 saturated carbocycles. The summed E-state index contributed by atoms with van der Waals surface area (Å²) in [5.41, 5.74) is 8.68. The van der Waals surface area contributed by atoms with Gasteiger partial charge < -0.3 is 11.1 Å². The van der Waals surface area contributed by atoms with E-state index >= 15 is 0 Å². The molecule has 0 atom stereocenters. The maximum Gasteiger partial charge on any atom is 0.224 e. The molecule has 1 aromatic carbocycles. The minimum absolute atomic E-state index is 0.0783. The number of hydrogen-bond acceptors (Lipinski definition) is 2. The zero-order valence-electron chi connectivity index (χ0n) is 7.64. The van der Waals surface area contributed by atoms with E-state index in [2.05, 4.69) is 21.2 Å². The highest BCUT2D eigenvalue weighted by atomic mass is 79.9. The first kappa shape index (κ1) is 9.68. The molecule has 1 amide bonds. The molecule has 1 aliphatic rings. The molecule has 74 valence electrons. The molecule has 0 fully saturated rings. The molecule has 1 heterocycles. The lowest BCUT2D eigenvalue weighted by atomic mass is 9.99. The number of nitrogens with two attached hydrogens (primary N) is 1. The molecule has 1 aliphatic heterocycles. The highest BCUT2D eigenvalue weighted by Gasteiger charge is 2.17. The summed E-state index contributed by atoms with van der Waals surface area (Å²) in [7, 11) is 0. The van der Waals surface area contributed by atoms with Crippen LogP contribution in [0.3, 0.4) is 0 Å². The Morgan fingerprint density at radius 2 is 2.21 bits per heavy atom. The van der Waals surface area contributed by atoms with E-state index in [4.69, 9.17) is 5.73 Å². The van der Waals surface area contributed by atoms with E-state index in [1.807, 2.05) is 12.1 Å². The van der Waals surface area contributed by atoms with E-state index in [1.54, 1.807) is 0 Å². The molecule has 0 aliphatic carbocycles. The molecule has 14 heavy (non-hydrogen) atoms. The molecule has 0 spiro atoms. The van der Waals surface area contributed by atoms with Crippen LogP contribution in [0.4, 0.5) is 5.69 Å². The summed E-state index contributed by atoms with van der Waals surface area (Å²) in [6.45, 7) is 0.446. The van der Waals surface area contributed by atoms with Crippen LogP contribution in [0.15, 0.2) is 16.6 Å². The van der Waals surface area contributed by atoms with Crippen molar-refractivity contribution in [2.24, 2.45) is 5.73 Å². The minimum atomic E-state index is 0.0783. The normalized spacial score (nSPS) is 14.9. The Hall–Kier alpha value is -0.870. The number of amides is 1. The van der Waals surface area contributed by atoms with Crippen LogP contribution in [0.2, 0.25) is 0 Å². The van der Waals surface area contributed by atoms with Crippen LogP contribution in [0.5, 0.6) is 0 Å². The Balaban J connectivity index is 2.52. The highest BCUT2D eigenvalue weighted by molar-refractivity contribution is 9.10. The fourth-order valence-electron chi connectivity index (χ4n) is 1.69. The molecular formula is C10H11BrN2O. The van der Waals surface area contributed by atoms with Gasteiger partial charge in [0.25, 0.3) is 0 Å². The molecule has 2 rings (SSSR count). The summed E-state index contributed by atoms with van der Waals surface area (Å²) in [5, 5.41) is 2.87. The summed E-state index contributed by atoms with van der Waals surface area (Å²) in [5.74, 6) is 0.0783. The topological polar surface area (TPSA) is 55.1 Å². The number of carbonyl (C=O) groups excluding carboxylic acids is 1. The van der Waals surface area contributed by atoms with Crippen molar-refractivity contribution in [2.45, 2.75) is 19.4 Å². The third-order valence-corrected chi connectivity index (χ3v) is 2.83. The molecule has 3 N–H and O–H groups in total. The number of benzene rings is 1. The summed E-state index contributed by atoms with van der Waals surface area (Å²) in [6, 6.07) is 3.98. The van der Waals surface area contributed by atoms with Gasteiger partial charge in [-0.25, -0.2) is 0 Å². The maximum atomic E-state index is 11.2. The number of anilines is 1. The second-order valence-electron chi connectivity index (χ2n) is 3.35. The molecular weight excluding hydrogens is 244 g/mol. The van der Waals surface area contributed by atoms with Crippen LogP contribution in [0.1, 0.15) is 17.5 Å². The Kier molecular flexibility index (Phi) is 2.56. The van der Waals surface area contributed by atoms with Gasteiger partial charge >= 0.3 is 0 Å². The van der Waals surface area contributed by atoms with Gasteiger partial charge in [-0.15, -0.1) is 0 Å². The number of halogens is 1. The van der Waals surface area contributed by atoms with Crippen molar-refractivity contribution in [3.05, 3.63) is 27.7 Å². The van der Waals surface area contributed by atoms with Crippen molar-refractivity contribution in [2.75, 3.05) is 5.32 Å². The lowest BCUT2D eigenvalue weighted by molar-refractivity contribution is -0.116. The first-order valence-electron chi connectivity index (χ1n) is 4.52. The number of rotatable bonds is 1. The monoisotopic (exact) mass is 254 g/mol. The van der Waals surface area contributed by atoms with E-state index in [0.29, 0.717) is 13.0 Å². The lowest BCUT2D eigenvalue weighted by Crippen LogP contribution is -2.21. The fourth-order valence-corrected chi connectivity index (χ4v) is 2.25. The van der Waals surface area contributed by atoms with Gasteiger partial charge in [-0.1, -0.05) is 15.9 Å². The molecule has 0 unspecified atom stereocenters. The van der Waals surface area contributed by atoms with E-state index in [0.717, 1.165) is 22.1 Å². The third-order valence-electron chi connectivity index (χ3n) is 2.37. The third kappa shape index (κ3) is 1.67. The van der Waals surface area contributed by atoms with Crippen LogP contribution in [0, 0.1) is 0 Å². The molecule has 1 aromatic rings. The number of fused-ring (bicyclic) bond motifs is 1. The van der Waals surface area contributed by atoms with Gasteiger partial charge in [-0.2, -0.15) is 0 Å². The summed E-state index contributed by atoms with van der Waals surface area (Å²) in [6.07, 6.45) is 1.36. The second kappa shape index (κ2) is 3.71. The zero-order chi connectivity index (χ0) is 10.1. The standard InChI is InChI=1S/C10H11BrN2O/c11-8-3-6-1-2-9(14)13-10(6)7(4-8)5-12/h3-4H,1-2,5,12H2,(H,13,14). The van der Waals surface area contributed by atoms with Gasteiger partial charge in [0, 0.05) is 23.1 Å². The summed E-state index contributed by atoms with van der Waals surface area (Å²) < 4.78 is 1.02. The van der Waals surface area contributed by atoms with Crippen LogP contribution >= 0.6 is 15.9 Å². The first-order chi connectivity index (χ1) is 6.70. The van der Waals surface area contributed by atoms with Crippen molar-refractivity contribution in [1.29, 1.82) is 0 Å². The van der Waals surface area contributed by atoms with Crippen molar-refractivity contribution >= 4 is 27.5 Å². The van der Waals surface area contributed by atoms with Gasteiger partial charge in [0.05, 0.1) is 0 Å². The average molecular weight is 255 g/mol. The quantitative estimate of drug-likeness (QED) is 0.803. The molecule has 0 saturated heterocycles. The highest BCUT2D eigenvalue weighted by Crippen LogP contribution is 2.29. The van der Waals surface area contributed by atoms with Gasteiger partial charge in [0.15, 0.2) is 0 Å². The first-order valence-corrected chi connectivity index (χ1v) is 5.31.